The Bertz CT molecular complexity index is 823. The Hall–Kier alpha value is -2.97. The number of rotatable bonds is 3. The fourth-order valence-electron chi connectivity index (χ4n) is 2.05. The van der Waals surface area contributed by atoms with Crippen LogP contribution in [-0.2, 0) is 4.79 Å². The van der Waals surface area contributed by atoms with E-state index in [9.17, 15) is 10.1 Å². The lowest BCUT2D eigenvalue weighted by atomic mass is 10.1. The van der Waals surface area contributed by atoms with Gasteiger partial charge in [-0.15, -0.1) is 0 Å². The Labute approximate surface area is 137 Å². The van der Waals surface area contributed by atoms with Crippen molar-refractivity contribution in [2.75, 3.05) is 12.1 Å². The molecule has 3 rings (SSSR count). The molecule has 2 aromatic carbocycles. The molecule has 23 heavy (non-hydrogen) atoms. The van der Waals surface area contributed by atoms with Crippen LogP contribution in [0.1, 0.15) is 5.56 Å². The highest BCUT2D eigenvalue weighted by Gasteiger charge is 2.14. The van der Waals surface area contributed by atoms with Crippen LogP contribution in [0.3, 0.4) is 0 Å². The van der Waals surface area contributed by atoms with Crippen molar-refractivity contribution in [3.63, 3.8) is 0 Å². The summed E-state index contributed by atoms with van der Waals surface area (Å²) in [5.74, 6) is 0.743. The van der Waals surface area contributed by atoms with Gasteiger partial charge < -0.3 is 14.8 Å². The third-order valence-electron chi connectivity index (χ3n) is 3.17. The summed E-state index contributed by atoms with van der Waals surface area (Å²) in [7, 11) is 0. The maximum atomic E-state index is 12.2. The number of hydrogen-bond donors (Lipinski definition) is 1. The Morgan fingerprint density at radius 2 is 1.91 bits per heavy atom. The highest BCUT2D eigenvalue weighted by Crippen LogP contribution is 2.33. The van der Waals surface area contributed by atoms with E-state index in [-0.39, 0.29) is 12.4 Å². The highest BCUT2D eigenvalue weighted by molar-refractivity contribution is 6.30. The van der Waals surface area contributed by atoms with Gasteiger partial charge >= 0.3 is 0 Å². The largest absolute Gasteiger partial charge is 0.454 e. The van der Waals surface area contributed by atoms with E-state index in [1.165, 1.54) is 6.08 Å². The van der Waals surface area contributed by atoms with Gasteiger partial charge in [-0.05, 0) is 48.0 Å². The van der Waals surface area contributed by atoms with Crippen molar-refractivity contribution in [1.82, 2.24) is 0 Å². The average Bonchev–Trinajstić information content (AvgIpc) is 3.02. The molecular formula is C17H11ClN2O3. The molecule has 0 fully saturated rings. The molecular weight excluding hydrogens is 316 g/mol. The third kappa shape index (κ3) is 3.44. The lowest BCUT2D eigenvalue weighted by molar-refractivity contribution is -0.112. The van der Waals surface area contributed by atoms with Crippen LogP contribution in [0, 0.1) is 11.3 Å². The van der Waals surface area contributed by atoms with Crippen LogP contribution in [-0.4, -0.2) is 12.7 Å². The summed E-state index contributed by atoms with van der Waals surface area (Å²) >= 11 is 5.79. The minimum Gasteiger partial charge on any atom is -0.454 e. The first kappa shape index (κ1) is 14.9. The predicted octanol–water partition coefficient (Wildman–Crippen LogP) is 3.61. The van der Waals surface area contributed by atoms with Gasteiger partial charge in [0.05, 0.1) is 0 Å². The molecule has 5 nitrogen and oxygen atoms in total. The normalized spacial score (nSPS) is 12.6. The summed E-state index contributed by atoms with van der Waals surface area (Å²) in [5.41, 5.74) is 1.22. The van der Waals surface area contributed by atoms with E-state index >= 15 is 0 Å². The van der Waals surface area contributed by atoms with Crippen molar-refractivity contribution < 1.29 is 14.3 Å². The first-order valence-electron chi connectivity index (χ1n) is 6.74. The Morgan fingerprint density at radius 3 is 2.65 bits per heavy atom. The van der Waals surface area contributed by atoms with Crippen molar-refractivity contribution in [1.29, 1.82) is 5.26 Å². The SMILES string of the molecule is N#C/C(=C/c1ccc2c(c1)OCO2)C(=O)Nc1ccc(Cl)cc1. The molecule has 0 aliphatic carbocycles. The van der Waals surface area contributed by atoms with Gasteiger partial charge in [0, 0.05) is 10.7 Å². The molecule has 0 unspecified atom stereocenters. The number of halogens is 1. The second-order valence-corrected chi connectivity index (χ2v) is 5.18. The first-order valence-corrected chi connectivity index (χ1v) is 7.12. The Balaban J connectivity index is 1.80. The summed E-state index contributed by atoms with van der Waals surface area (Å²) in [6.45, 7) is 0.171. The molecule has 114 valence electrons. The fourth-order valence-corrected chi connectivity index (χ4v) is 2.18. The van der Waals surface area contributed by atoms with E-state index in [4.69, 9.17) is 21.1 Å². The van der Waals surface area contributed by atoms with E-state index in [2.05, 4.69) is 5.32 Å². The molecule has 6 heteroatoms. The van der Waals surface area contributed by atoms with Gasteiger partial charge in [0.15, 0.2) is 11.5 Å². The van der Waals surface area contributed by atoms with Gasteiger partial charge in [0.2, 0.25) is 6.79 Å². The van der Waals surface area contributed by atoms with Gasteiger partial charge in [-0.2, -0.15) is 5.26 Å². The van der Waals surface area contributed by atoms with Crippen molar-refractivity contribution >= 4 is 29.3 Å². The zero-order chi connectivity index (χ0) is 16.2. The van der Waals surface area contributed by atoms with Crippen LogP contribution >= 0.6 is 11.6 Å². The summed E-state index contributed by atoms with van der Waals surface area (Å²) in [5, 5.41) is 12.4. The number of carbonyl (C=O) groups excluding carboxylic acids is 1. The lowest BCUT2D eigenvalue weighted by Gasteiger charge is -2.04. The van der Waals surface area contributed by atoms with Crippen molar-refractivity contribution in [3.05, 3.63) is 58.6 Å². The summed E-state index contributed by atoms with van der Waals surface area (Å²) in [4.78, 5) is 12.2. The van der Waals surface area contributed by atoms with Gasteiger partial charge in [0.1, 0.15) is 11.6 Å². The topological polar surface area (TPSA) is 71.3 Å². The molecule has 0 saturated carbocycles. The molecule has 0 bridgehead atoms. The number of nitrogens with zero attached hydrogens (tertiary/aromatic N) is 1. The zero-order valence-electron chi connectivity index (χ0n) is 11.9. The van der Waals surface area contributed by atoms with Crippen molar-refractivity contribution in [2.24, 2.45) is 0 Å². The highest BCUT2D eigenvalue weighted by atomic mass is 35.5. The molecule has 1 amide bonds. The number of amides is 1. The smallest absolute Gasteiger partial charge is 0.266 e. The van der Waals surface area contributed by atoms with E-state index in [1.54, 1.807) is 42.5 Å². The van der Waals surface area contributed by atoms with Crippen molar-refractivity contribution in [2.45, 2.75) is 0 Å². The van der Waals surface area contributed by atoms with Gasteiger partial charge in [0.25, 0.3) is 5.91 Å². The lowest BCUT2D eigenvalue weighted by Crippen LogP contribution is -2.13. The van der Waals surface area contributed by atoms with Crippen LogP contribution in [0.25, 0.3) is 6.08 Å². The second-order valence-electron chi connectivity index (χ2n) is 4.74. The van der Waals surface area contributed by atoms with E-state index in [1.807, 2.05) is 6.07 Å². The monoisotopic (exact) mass is 326 g/mol. The number of fused-ring (bicyclic) bond motifs is 1. The molecule has 0 atom stereocenters. The van der Waals surface area contributed by atoms with E-state index in [0.717, 1.165) is 0 Å². The summed E-state index contributed by atoms with van der Waals surface area (Å²) in [6.07, 6.45) is 1.49. The number of benzene rings is 2. The van der Waals surface area contributed by atoms with Crippen molar-refractivity contribution in [3.8, 4) is 17.6 Å². The Morgan fingerprint density at radius 1 is 1.17 bits per heavy atom. The Kier molecular flexibility index (Phi) is 4.18. The van der Waals surface area contributed by atoms with Crippen LogP contribution in [0.2, 0.25) is 5.02 Å². The van der Waals surface area contributed by atoms with Gasteiger partial charge in [-0.3, -0.25) is 4.79 Å². The number of carbonyl (C=O) groups is 1. The fraction of sp³-hybridized carbons (Fsp3) is 0.0588. The number of anilines is 1. The number of hydrogen-bond acceptors (Lipinski definition) is 4. The standard InChI is InChI=1S/C17H11ClN2O3/c18-13-2-4-14(5-3-13)20-17(21)12(9-19)7-11-1-6-15-16(8-11)23-10-22-15/h1-8H,10H2,(H,20,21)/b12-7-. The molecule has 0 spiro atoms. The summed E-state index contributed by atoms with van der Waals surface area (Å²) in [6, 6.07) is 13.7. The molecule has 0 aromatic heterocycles. The molecule has 1 N–H and O–H groups in total. The second kappa shape index (κ2) is 6.42. The molecule has 2 aromatic rings. The molecule has 1 aliphatic heterocycles. The van der Waals surface area contributed by atoms with Crippen LogP contribution in [0.5, 0.6) is 11.5 Å². The summed E-state index contributed by atoms with van der Waals surface area (Å²) < 4.78 is 10.5. The molecule has 1 aliphatic rings. The van der Waals surface area contributed by atoms with Crippen LogP contribution in [0.4, 0.5) is 5.69 Å². The first-order chi connectivity index (χ1) is 11.2. The maximum Gasteiger partial charge on any atom is 0.266 e. The van der Waals surface area contributed by atoms with E-state index in [0.29, 0.717) is 27.8 Å². The number of nitrogens with one attached hydrogen (secondary N) is 1. The molecule has 1 heterocycles. The van der Waals surface area contributed by atoms with Crippen LogP contribution < -0.4 is 14.8 Å². The predicted molar refractivity (Wildman–Crippen MR) is 86.2 cm³/mol. The van der Waals surface area contributed by atoms with Gasteiger partial charge in [-0.1, -0.05) is 17.7 Å². The third-order valence-corrected chi connectivity index (χ3v) is 3.43. The minimum atomic E-state index is -0.493. The molecule has 0 radical (unpaired) electrons. The average molecular weight is 327 g/mol. The minimum absolute atomic E-state index is 0.0150. The number of ether oxygens (including phenoxy) is 2. The van der Waals surface area contributed by atoms with Crippen LogP contribution in [0.15, 0.2) is 48.0 Å². The van der Waals surface area contributed by atoms with Gasteiger partial charge in [-0.25, -0.2) is 0 Å². The van der Waals surface area contributed by atoms with E-state index < -0.39 is 5.91 Å². The zero-order valence-corrected chi connectivity index (χ0v) is 12.6. The number of nitriles is 1. The maximum absolute atomic E-state index is 12.2. The molecule has 0 saturated heterocycles. The quantitative estimate of drug-likeness (QED) is 0.691.